The Labute approximate surface area is 207 Å². The fourth-order valence-corrected chi connectivity index (χ4v) is 3.89. The molecule has 0 atom stereocenters. The predicted molar refractivity (Wildman–Crippen MR) is 130 cm³/mol. The largest absolute Gasteiger partial charge is 0.455 e. The van der Waals surface area contributed by atoms with Gasteiger partial charge in [-0.25, -0.2) is 5.43 Å². The minimum absolute atomic E-state index is 0.0633. The van der Waals surface area contributed by atoms with Gasteiger partial charge < -0.3 is 13.7 Å². The zero-order valence-electron chi connectivity index (χ0n) is 19.0. The Bertz CT molecular complexity index is 1430. The standard InChI is InChI=1S/C23H20BrN5O6/c1-13-4-6-16(19(8-13)29(32)33)20-7-5-15(35-20)10-26-27-21(30)11-28-14(2)22(24)18(12-34-3)17(9-25)23(28)31/h4-8,10H,11-12H2,1-3H3,(H,27,30). The first kappa shape index (κ1) is 25.5. The minimum Gasteiger partial charge on any atom is -0.455 e. The Kier molecular flexibility index (Phi) is 7.95. The lowest BCUT2D eigenvalue weighted by molar-refractivity contribution is -0.384. The lowest BCUT2D eigenvalue weighted by Crippen LogP contribution is -2.33. The molecule has 2 heterocycles. The van der Waals surface area contributed by atoms with Gasteiger partial charge in [0.15, 0.2) is 0 Å². The number of hydrazone groups is 1. The van der Waals surface area contributed by atoms with Crippen LogP contribution in [-0.4, -0.2) is 28.7 Å². The summed E-state index contributed by atoms with van der Waals surface area (Å²) in [5, 5.41) is 24.6. The molecule has 3 aromatic rings. The van der Waals surface area contributed by atoms with Gasteiger partial charge in [0.25, 0.3) is 17.2 Å². The molecule has 11 nitrogen and oxygen atoms in total. The summed E-state index contributed by atoms with van der Waals surface area (Å²) in [6, 6.07) is 9.76. The van der Waals surface area contributed by atoms with E-state index in [1.54, 1.807) is 38.1 Å². The molecule has 2 aromatic heterocycles. The Morgan fingerprint density at radius 2 is 2.11 bits per heavy atom. The molecule has 0 radical (unpaired) electrons. The van der Waals surface area contributed by atoms with Crippen LogP contribution in [0, 0.1) is 35.3 Å². The van der Waals surface area contributed by atoms with Crippen molar-refractivity contribution in [2.45, 2.75) is 27.0 Å². The third kappa shape index (κ3) is 5.53. The molecule has 0 saturated carbocycles. The van der Waals surface area contributed by atoms with Gasteiger partial charge in [-0.2, -0.15) is 10.4 Å². The molecule has 1 N–H and O–H groups in total. The number of nitro groups is 1. The van der Waals surface area contributed by atoms with Crippen LogP contribution in [0.15, 0.2) is 49.1 Å². The number of furan rings is 1. The monoisotopic (exact) mass is 541 g/mol. The molecule has 0 saturated heterocycles. The van der Waals surface area contributed by atoms with Gasteiger partial charge in [0.05, 0.1) is 23.3 Å². The molecule has 12 heteroatoms. The summed E-state index contributed by atoms with van der Waals surface area (Å²) < 4.78 is 12.3. The van der Waals surface area contributed by atoms with Crippen molar-refractivity contribution in [2.24, 2.45) is 5.10 Å². The lowest BCUT2D eigenvalue weighted by Gasteiger charge is -2.15. The molecule has 0 aliphatic carbocycles. The van der Waals surface area contributed by atoms with Gasteiger partial charge in [-0.1, -0.05) is 6.07 Å². The van der Waals surface area contributed by atoms with Gasteiger partial charge in [0.2, 0.25) is 0 Å². The average Bonchev–Trinajstić information content (AvgIpc) is 3.29. The second-order valence-electron chi connectivity index (χ2n) is 7.46. The van der Waals surface area contributed by atoms with Crippen LogP contribution in [0.25, 0.3) is 11.3 Å². The number of hydrogen-bond acceptors (Lipinski definition) is 8. The number of hydrogen-bond donors (Lipinski definition) is 1. The molecular formula is C23H20BrN5O6. The zero-order chi connectivity index (χ0) is 25.7. The molecule has 0 fully saturated rings. The van der Waals surface area contributed by atoms with Gasteiger partial charge in [-0.05, 0) is 53.5 Å². The number of methoxy groups -OCH3 is 1. The second kappa shape index (κ2) is 10.9. The van der Waals surface area contributed by atoms with E-state index in [0.717, 1.165) is 10.1 Å². The molecule has 35 heavy (non-hydrogen) atoms. The average molecular weight is 542 g/mol. The Morgan fingerprint density at radius 1 is 1.37 bits per heavy atom. The number of carbonyl (C=O) groups is 1. The number of ether oxygens (including phenoxy) is 1. The third-order valence-corrected chi connectivity index (χ3v) is 6.13. The van der Waals surface area contributed by atoms with Crippen LogP contribution in [0.1, 0.15) is 28.1 Å². The van der Waals surface area contributed by atoms with Crippen molar-refractivity contribution in [3.05, 3.63) is 83.4 Å². The number of aromatic nitrogens is 1. The summed E-state index contributed by atoms with van der Waals surface area (Å²) in [5.74, 6) is -0.0821. The van der Waals surface area contributed by atoms with Gasteiger partial charge >= 0.3 is 0 Å². The molecule has 1 aromatic carbocycles. The first-order valence-corrected chi connectivity index (χ1v) is 10.9. The van der Waals surface area contributed by atoms with Crippen LogP contribution in [0.4, 0.5) is 5.69 Å². The number of pyridine rings is 1. The van der Waals surface area contributed by atoms with Crippen LogP contribution in [-0.2, 0) is 22.7 Å². The fraction of sp³-hybridized carbons (Fsp3) is 0.217. The van der Waals surface area contributed by atoms with E-state index in [9.17, 15) is 25.0 Å². The minimum atomic E-state index is -0.616. The van der Waals surface area contributed by atoms with Crippen molar-refractivity contribution in [3.63, 3.8) is 0 Å². The maximum Gasteiger partial charge on any atom is 0.280 e. The predicted octanol–water partition coefficient (Wildman–Crippen LogP) is 3.56. The SMILES string of the molecule is COCc1c(Br)c(C)n(CC(=O)NN=Cc2ccc(-c3ccc(C)cc3[N+](=O)[O-])o2)c(=O)c1C#N. The number of nitrogens with one attached hydrogen (secondary N) is 1. The van der Waals surface area contributed by atoms with E-state index in [-0.39, 0.29) is 35.9 Å². The molecule has 0 aliphatic heterocycles. The number of halogens is 1. The molecular weight excluding hydrogens is 522 g/mol. The fourth-order valence-electron chi connectivity index (χ4n) is 3.36. The van der Waals surface area contributed by atoms with Crippen molar-refractivity contribution >= 4 is 33.7 Å². The maximum absolute atomic E-state index is 12.7. The summed E-state index contributed by atoms with van der Waals surface area (Å²) in [6.07, 6.45) is 1.23. The van der Waals surface area contributed by atoms with Crippen molar-refractivity contribution < 1.29 is 18.9 Å². The van der Waals surface area contributed by atoms with E-state index >= 15 is 0 Å². The van der Waals surface area contributed by atoms with Crippen molar-refractivity contribution in [2.75, 3.05) is 7.11 Å². The number of amides is 1. The molecule has 0 bridgehead atoms. The molecule has 0 spiro atoms. The number of nitriles is 1. The van der Waals surface area contributed by atoms with E-state index in [4.69, 9.17) is 9.15 Å². The summed E-state index contributed by atoms with van der Waals surface area (Å²) in [5.41, 5.74) is 3.40. The summed E-state index contributed by atoms with van der Waals surface area (Å²) in [7, 11) is 1.45. The Morgan fingerprint density at radius 3 is 2.77 bits per heavy atom. The number of carbonyl (C=O) groups excluding carboxylic acids is 1. The maximum atomic E-state index is 12.7. The Balaban J connectivity index is 1.75. The quantitative estimate of drug-likeness (QED) is 0.259. The number of nitrogens with zero attached hydrogens (tertiary/aromatic N) is 4. The summed E-state index contributed by atoms with van der Waals surface area (Å²) in [6.45, 7) is 3.08. The van der Waals surface area contributed by atoms with E-state index in [2.05, 4.69) is 26.5 Å². The molecule has 3 rings (SSSR count). The van der Waals surface area contributed by atoms with Crippen LogP contribution in [0.3, 0.4) is 0 Å². The topological polar surface area (TPSA) is 153 Å². The van der Waals surface area contributed by atoms with Crippen LogP contribution in [0.5, 0.6) is 0 Å². The van der Waals surface area contributed by atoms with Crippen LogP contribution >= 0.6 is 15.9 Å². The molecule has 1 amide bonds. The van der Waals surface area contributed by atoms with Crippen molar-refractivity contribution in [1.82, 2.24) is 9.99 Å². The highest BCUT2D eigenvalue weighted by molar-refractivity contribution is 9.10. The second-order valence-corrected chi connectivity index (χ2v) is 8.25. The lowest BCUT2D eigenvalue weighted by atomic mass is 10.1. The summed E-state index contributed by atoms with van der Waals surface area (Å²) in [4.78, 5) is 36.0. The van der Waals surface area contributed by atoms with Gasteiger partial charge in [0, 0.05) is 28.9 Å². The molecule has 0 unspecified atom stereocenters. The molecule has 0 aliphatic rings. The zero-order valence-corrected chi connectivity index (χ0v) is 20.6. The van der Waals surface area contributed by atoms with Gasteiger partial charge in [-0.3, -0.25) is 19.7 Å². The van der Waals surface area contributed by atoms with Gasteiger partial charge in [-0.15, -0.1) is 0 Å². The van der Waals surface area contributed by atoms with Gasteiger partial charge in [0.1, 0.15) is 29.7 Å². The van der Waals surface area contributed by atoms with E-state index in [1.165, 1.54) is 19.4 Å². The highest BCUT2D eigenvalue weighted by atomic mass is 79.9. The number of aryl methyl sites for hydroxylation is 1. The number of benzene rings is 1. The van der Waals surface area contributed by atoms with E-state index in [1.807, 2.05) is 6.07 Å². The smallest absolute Gasteiger partial charge is 0.280 e. The highest BCUT2D eigenvalue weighted by Crippen LogP contribution is 2.31. The number of rotatable bonds is 8. The van der Waals surface area contributed by atoms with Crippen LogP contribution in [0.2, 0.25) is 0 Å². The van der Waals surface area contributed by atoms with E-state index in [0.29, 0.717) is 21.3 Å². The first-order valence-electron chi connectivity index (χ1n) is 10.2. The normalized spacial score (nSPS) is 10.9. The highest BCUT2D eigenvalue weighted by Gasteiger charge is 2.20. The van der Waals surface area contributed by atoms with E-state index < -0.39 is 16.4 Å². The number of nitro benzene ring substituents is 1. The van der Waals surface area contributed by atoms with Crippen molar-refractivity contribution in [1.29, 1.82) is 5.26 Å². The molecule has 180 valence electrons. The first-order chi connectivity index (χ1) is 16.7. The third-order valence-electron chi connectivity index (χ3n) is 5.07. The Hall–Kier alpha value is -4.08. The summed E-state index contributed by atoms with van der Waals surface area (Å²) >= 11 is 3.36. The van der Waals surface area contributed by atoms with Crippen molar-refractivity contribution in [3.8, 4) is 17.4 Å². The van der Waals surface area contributed by atoms with Crippen LogP contribution < -0.4 is 11.0 Å².